The quantitative estimate of drug-likeness (QED) is 0.605. The minimum absolute atomic E-state index is 0.614. The highest BCUT2D eigenvalue weighted by atomic mass is 19.4. The van der Waals surface area contributed by atoms with Gasteiger partial charge in [-0.15, -0.1) is 0 Å². The Kier molecular flexibility index (Phi) is 5.79. The molecule has 3 rings (SSSR count). The number of rotatable bonds is 6. The molecule has 0 spiro atoms. The highest BCUT2D eigenvalue weighted by Gasteiger charge is 2.29. The van der Waals surface area contributed by atoms with Crippen LogP contribution in [0.5, 0.6) is 0 Å². The predicted molar refractivity (Wildman–Crippen MR) is 102 cm³/mol. The molecule has 0 bridgehead atoms. The Bertz CT molecular complexity index is 928. The molecule has 0 aliphatic carbocycles. The van der Waals surface area contributed by atoms with Crippen LogP contribution in [0.4, 0.5) is 13.2 Å². The first-order chi connectivity index (χ1) is 13.0. The van der Waals surface area contributed by atoms with Crippen molar-refractivity contribution in [3.63, 3.8) is 0 Å². The van der Waals surface area contributed by atoms with Gasteiger partial charge in [0.25, 0.3) is 0 Å². The molecule has 2 aromatic carbocycles. The second-order valence-electron chi connectivity index (χ2n) is 6.36. The monoisotopic (exact) mass is 370 g/mol. The summed E-state index contributed by atoms with van der Waals surface area (Å²) in [5.74, 6) is 0. The summed E-state index contributed by atoms with van der Waals surface area (Å²) in [7, 11) is 0. The lowest BCUT2D eigenvalue weighted by atomic mass is 9.98. The van der Waals surface area contributed by atoms with Crippen LogP contribution in [-0.2, 0) is 25.6 Å². The van der Waals surface area contributed by atoms with Gasteiger partial charge in [0.2, 0.25) is 0 Å². The molecule has 0 unspecified atom stereocenters. The van der Waals surface area contributed by atoms with Crippen LogP contribution in [0.2, 0.25) is 0 Å². The zero-order valence-corrected chi connectivity index (χ0v) is 15.1. The van der Waals surface area contributed by atoms with Crippen LogP contribution in [0, 0.1) is 0 Å². The van der Waals surface area contributed by atoms with Crippen LogP contribution >= 0.6 is 0 Å². The fraction of sp³-hybridized carbons (Fsp3) is 0.227. The highest BCUT2D eigenvalue weighted by Crippen LogP contribution is 2.29. The molecule has 1 heterocycles. The zero-order chi connectivity index (χ0) is 19.3. The van der Waals surface area contributed by atoms with E-state index in [1.807, 2.05) is 25.3 Å². The van der Waals surface area contributed by atoms with E-state index in [-0.39, 0.29) is 0 Å². The van der Waals surface area contributed by atoms with Gasteiger partial charge >= 0.3 is 6.18 Å². The van der Waals surface area contributed by atoms with Crippen molar-refractivity contribution in [3.05, 3.63) is 89.3 Å². The van der Waals surface area contributed by atoms with Crippen molar-refractivity contribution in [1.29, 1.82) is 0 Å². The third-order valence-corrected chi connectivity index (χ3v) is 4.48. The lowest BCUT2D eigenvalue weighted by Crippen LogP contribution is -2.06. The van der Waals surface area contributed by atoms with E-state index < -0.39 is 11.7 Å². The smallest absolute Gasteiger partial charge is 0.387 e. The van der Waals surface area contributed by atoms with Gasteiger partial charge in [0.05, 0.1) is 11.1 Å². The lowest BCUT2D eigenvalue weighted by molar-refractivity contribution is -0.137. The van der Waals surface area contributed by atoms with Gasteiger partial charge in [-0.05, 0) is 60.9 Å². The molecule has 0 saturated heterocycles. The van der Waals surface area contributed by atoms with Crippen molar-refractivity contribution in [2.24, 2.45) is 0 Å². The van der Waals surface area contributed by atoms with Crippen molar-refractivity contribution in [2.45, 2.75) is 32.5 Å². The summed E-state index contributed by atoms with van der Waals surface area (Å²) in [5.41, 5.74) is 3.47. The Balaban J connectivity index is 1.78. The molecule has 0 atom stereocenters. The molecule has 0 fully saturated rings. The lowest BCUT2D eigenvalue weighted by Gasteiger charge is -2.11. The van der Waals surface area contributed by atoms with E-state index in [2.05, 4.69) is 28.5 Å². The Morgan fingerprint density at radius 1 is 0.963 bits per heavy atom. The van der Waals surface area contributed by atoms with Crippen molar-refractivity contribution in [3.8, 4) is 0 Å². The summed E-state index contributed by atoms with van der Waals surface area (Å²) in [6, 6.07) is 13.5. The number of hydrogen-bond donors (Lipinski definition) is 1. The van der Waals surface area contributed by atoms with Crippen LogP contribution in [0.3, 0.4) is 0 Å². The summed E-state index contributed by atoms with van der Waals surface area (Å²) in [4.78, 5) is 4.53. The summed E-state index contributed by atoms with van der Waals surface area (Å²) >= 11 is 0. The number of nitrogens with one attached hydrogen (secondary N) is 1. The maximum absolute atomic E-state index is 12.7. The normalized spacial score (nSPS) is 12.0. The fourth-order valence-corrected chi connectivity index (χ4v) is 3.07. The van der Waals surface area contributed by atoms with Gasteiger partial charge in [0.15, 0.2) is 0 Å². The van der Waals surface area contributed by atoms with Crippen LogP contribution in [0.15, 0.2) is 67.0 Å². The summed E-state index contributed by atoms with van der Waals surface area (Å²) in [6.45, 7) is 2.67. The number of benzene rings is 2. The maximum Gasteiger partial charge on any atom is 0.416 e. The third kappa shape index (κ3) is 4.67. The molecular formula is C22H21F3N2. The minimum Gasteiger partial charge on any atom is -0.387 e. The van der Waals surface area contributed by atoms with E-state index in [4.69, 9.17) is 0 Å². The van der Waals surface area contributed by atoms with Crippen LogP contribution in [-0.4, -0.2) is 4.98 Å². The van der Waals surface area contributed by atoms with Gasteiger partial charge < -0.3 is 5.32 Å². The molecule has 27 heavy (non-hydrogen) atoms. The largest absolute Gasteiger partial charge is 0.416 e. The standard InChI is InChI=1S/C22H21F3N2/c1-2-13-26-15-18-10-9-17(21-20(18)4-3-14-27-21)8-5-16-6-11-19(12-7-16)22(23,24)25/h2-4,6-7,9-14,26H,5,8,15H2,1H3. The van der Waals surface area contributed by atoms with E-state index in [0.29, 0.717) is 13.0 Å². The SMILES string of the molecule is CC=CNCc1ccc(CCc2ccc(C(F)(F)F)cc2)c2ncccc12. The molecule has 5 heteroatoms. The van der Waals surface area contributed by atoms with E-state index in [1.54, 1.807) is 18.3 Å². The maximum atomic E-state index is 12.7. The topological polar surface area (TPSA) is 24.9 Å². The van der Waals surface area contributed by atoms with Crippen molar-refractivity contribution in [2.75, 3.05) is 0 Å². The molecule has 0 saturated carbocycles. The van der Waals surface area contributed by atoms with Gasteiger partial charge in [-0.3, -0.25) is 4.98 Å². The summed E-state index contributed by atoms with van der Waals surface area (Å²) in [5, 5.41) is 4.33. The molecule has 0 aliphatic heterocycles. The Morgan fingerprint density at radius 2 is 1.70 bits per heavy atom. The molecule has 0 aliphatic rings. The first-order valence-corrected chi connectivity index (χ1v) is 8.85. The average Bonchev–Trinajstić information content (AvgIpc) is 2.67. The molecule has 0 amide bonds. The number of halogens is 3. The molecule has 1 N–H and O–H groups in total. The molecular weight excluding hydrogens is 349 g/mol. The number of allylic oxidation sites excluding steroid dienone is 1. The Morgan fingerprint density at radius 3 is 2.41 bits per heavy atom. The number of alkyl halides is 3. The van der Waals surface area contributed by atoms with Gasteiger partial charge in [0.1, 0.15) is 0 Å². The number of aromatic nitrogens is 1. The molecule has 2 nitrogen and oxygen atoms in total. The van der Waals surface area contributed by atoms with Crippen molar-refractivity contribution >= 4 is 10.9 Å². The van der Waals surface area contributed by atoms with Gasteiger partial charge in [-0.25, -0.2) is 0 Å². The Hall–Kier alpha value is -2.82. The van der Waals surface area contributed by atoms with Crippen LogP contribution < -0.4 is 5.32 Å². The average molecular weight is 370 g/mol. The first-order valence-electron chi connectivity index (χ1n) is 8.85. The number of aryl methyl sites for hydroxylation is 2. The zero-order valence-electron chi connectivity index (χ0n) is 15.1. The second-order valence-corrected chi connectivity index (χ2v) is 6.36. The molecule has 0 radical (unpaired) electrons. The molecule has 1 aromatic heterocycles. The van der Waals surface area contributed by atoms with E-state index >= 15 is 0 Å². The fourth-order valence-electron chi connectivity index (χ4n) is 3.07. The van der Waals surface area contributed by atoms with Gasteiger partial charge in [-0.1, -0.05) is 36.4 Å². The second kappa shape index (κ2) is 8.25. The number of hydrogen-bond acceptors (Lipinski definition) is 2. The van der Waals surface area contributed by atoms with Crippen molar-refractivity contribution in [1.82, 2.24) is 10.3 Å². The summed E-state index contributed by atoms with van der Waals surface area (Å²) < 4.78 is 38.0. The minimum atomic E-state index is -4.30. The van der Waals surface area contributed by atoms with E-state index in [9.17, 15) is 13.2 Å². The molecule has 3 aromatic rings. The van der Waals surface area contributed by atoms with Crippen molar-refractivity contribution < 1.29 is 13.2 Å². The molecule has 140 valence electrons. The summed E-state index contributed by atoms with van der Waals surface area (Å²) in [6.07, 6.45) is 2.71. The Labute approximate surface area is 156 Å². The predicted octanol–water partition coefficient (Wildman–Crippen LogP) is 5.66. The van der Waals surface area contributed by atoms with Crippen LogP contribution in [0.25, 0.3) is 10.9 Å². The highest BCUT2D eigenvalue weighted by molar-refractivity contribution is 5.85. The van der Waals surface area contributed by atoms with E-state index in [0.717, 1.165) is 46.1 Å². The van der Waals surface area contributed by atoms with Gasteiger partial charge in [-0.2, -0.15) is 13.2 Å². The van der Waals surface area contributed by atoms with Gasteiger partial charge in [0, 0.05) is 18.1 Å². The third-order valence-electron chi connectivity index (χ3n) is 4.48. The first kappa shape index (κ1) is 19.0. The number of nitrogens with zero attached hydrogens (tertiary/aromatic N) is 1. The number of pyridine rings is 1. The van der Waals surface area contributed by atoms with E-state index in [1.165, 1.54) is 0 Å². The number of fused-ring (bicyclic) bond motifs is 1. The van der Waals surface area contributed by atoms with Crippen LogP contribution in [0.1, 0.15) is 29.2 Å².